The topological polar surface area (TPSA) is 76.1 Å². The first-order chi connectivity index (χ1) is 15.3. The predicted octanol–water partition coefficient (Wildman–Crippen LogP) is 4.72. The molecule has 0 saturated carbocycles. The van der Waals surface area contributed by atoms with Crippen LogP contribution in [0.3, 0.4) is 0 Å². The van der Waals surface area contributed by atoms with Gasteiger partial charge >= 0.3 is 0 Å². The molecule has 1 aliphatic rings. The zero-order valence-electron chi connectivity index (χ0n) is 18.1. The van der Waals surface area contributed by atoms with E-state index in [4.69, 9.17) is 21.1 Å². The Morgan fingerprint density at radius 3 is 2.59 bits per heavy atom. The molecule has 1 atom stereocenters. The fraction of sp³-hybridized carbons (Fsp3) is 0.333. The van der Waals surface area contributed by atoms with Crippen LogP contribution in [0, 0.1) is 5.82 Å². The molecule has 170 valence electrons. The van der Waals surface area contributed by atoms with Crippen LogP contribution in [0.25, 0.3) is 5.76 Å². The molecule has 6 nitrogen and oxygen atoms in total. The second-order valence-electron chi connectivity index (χ2n) is 7.63. The maximum atomic E-state index is 14.8. The number of aliphatic hydroxyl groups is 1. The van der Waals surface area contributed by atoms with Gasteiger partial charge in [-0.15, -0.1) is 0 Å². The van der Waals surface area contributed by atoms with Crippen molar-refractivity contribution >= 4 is 29.1 Å². The first kappa shape index (κ1) is 23.8. The van der Waals surface area contributed by atoms with Crippen LogP contribution in [0.15, 0.2) is 48.0 Å². The third-order valence-corrected chi connectivity index (χ3v) is 5.49. The van der Waals surface area contributed by atoms with Gasteiger partial charge in [-0.1, -0.05) is 29.8 Å². The van der Waals surface area contributed by atoms with E-state index < -0.39 is 29.3 Å². The summed E-state index contributed by atoms with van der Waals surface area (Å²) in [5.41, 5.74) is 0.00516. The number of Topliss-reactive ketones (excluding diaryl/α,β-unsaturated/α-hetero) is 1. The van der Waals surface area contributed by atoms with E-state index in [1.54, 1.807) is 12.1 Å². The van der Waals surface area contributed by atoms with Crippen LogP contribution in [0.2, 0.25) is 5.02 Å². The van der Waals surface area contributed by atoms with Crippen molar-refractivity contribution in [2.75, 3.05) is 20.3 Å². The zero-order chi connectivity index (χ0) is 23.4. The van der Waals surface area contributed by atoms with Crippen molar-refractivity contribution < 1.29 is 28.6 Å². The standard InChI is InChI=1S/C24H25ClFNO5/c1-14(2)32-12-6-11-27-21(16-7-4-5-8-19(16)26)20(23(29)24(27)30)22(28)17-13-15(31-3)9-10-18(17)25/h4-5,7-10,13-14,21,28H,6,11-12H2,1-3H3/b22-20+. The van der Waals surface area contributed by atoms with Gasteiger partial charge in [0.05, 0.1) is 29.9 Å². The number of halogens is 2. The third-order valence-electron chi connectivity index (χ3n) is 5.16. The Labute approximate surface area is 191 Å². The first-order valence-electron chi connectivity index (χ1n) is 10.2. The van der Waals surface area contributed by atoms with Crippen LogP contribution in [0.5, 0.6) is 5.75 Å². The number of aliphatic hydroxyl groups excluding tert-OH is 1. The molecule has 0 bridgehead atoms. The summed E-state index contributed by atoms with van der Waals surface area (Å²) in [6.45, 7) is 4.30. The number of hydrogen-bond acceptors (Lipinski definition) is 5. The van der Waals surface area contributed by atoms with E-state index in [1.165, 1.54) is 42.3 Å². The lowest BCUT2D eigenvalue weighted by atomic mass is 9.94. The number of ether oxygens (including phenoxy) is 2. The molecule has 1 unspecified atom stereocenters. The van der Waals surface area contributed by atoms with Crippen LogP contribution >= 0.6 is 11.6 Å². The van der Waals surface area contributed by atoms with E-state index in [0.717, 1.165) is 0 Å². The maximum absolute atomic E-state index is 14.8. The number of likely N-dealkylation sites (tertiary alicyclic amines) is 1. The zero-order valence-corrected chi connectivity index (χ0v) is 18.9. The van der Waals surface area contributed by atoms with E-state index >= 15 is 0 Å². The van der Waals surface area contributed by atoms with Crippen molar-refractivity contribution in [3.63, 3.8) is 0 Å². The van der Waals surface area contributed by atoms with Crippen LogP contribution in [-0.2, 0) is 14.3 Å². The normalized spacial score (nSPS) is 17.9. The number of methoxy groups -OCH3 is 1. The Morgan fingerprint density at radius 1 is 1.22 bits per heavy atom. The highest BCUT2D eigenvalue weighted by molar-refractivity contribution is 6.47. The molecule has 0 aliphatic carbocycles. The Balaban J connectivity index is 2.11. The second-order valence-corrected chi connectivity index (χ2v) is 8.04. The number of amides is 1. The Kier molecular flexibility index (Phi) is 7.53. The van der Waals surface area contributed by atoms with E-state index in [2.05, 4.69) is 0 Å². The molecule has 0 radical (unpaired) electrons. The van der Waals surface area contributed by atoms with E-state index in [0.29, 0.717) is 18.8 Å². The predicted molar refractivity (Wildman–Crippen MR) is 119 cm³/mol. The summed E-state index contributed by atoms with van der Waals surface area (Å²) in [7, 11) is 1.45. The number of benzene rings is 2. The van der Waals surface area contributed by atoms with E-state index in [1.807, 2.05) is 13.8 Å². The number of rotatable bonds is 8. The molecule has 8 heteroatoms. The van der Waals surface area contributed by atoms with Crippen molar-refractivity contribution in [1.82, 2.24) is 4.90 Å². The van der Waals surface area contributed by atoms with Gasteiger partial charge in [0.25, 0.3) is 11.7 Å². The highest BCUT2D eigenvalue weighted by Crippen LogP contribution is 2.41. The van der Waals surface area contributed by atoms with Crippen molar-refractivity contribution in [3.8, 4) is 5.75 Å². The summed E-state index contributed by atoms with van der Waals surface area (Å²) >= 11 is 6.25. The average molecular weight is 462 g/mol. The molecule has 2 aromatic rings. The molecule has 1 heterocycles. The molecule has 0 aromatic heterocycles. The van der Waals surface area contributed by atoms with E-state index in [-0.39, 0.29) is 34.4 Å². The van der Waals surface area contributed by atoms with Gasteiger partial charge in [0.1, 0.15) is 17.3 Å². The molecule has 1 saturated heterocycles. The second kappa shape index (κ2) is 10.1. The third kappa shape index (κ3) is 4.79. The van der Waals surface area contributed by atoms with Crippen LogP contribution < -0.4 is 4.74 Å². The van der Waals surface area contributed by atoms with Crippen LogP contribution in [0.4, 0.5) is 4.39 Å². The van der Waals surface area contributed by atoms with Crippen LogP contribution in [-0.4, -0.2) is 48.1 Å². The molecule has 1 fully saturated rings. The molecule has 1 amide bonds. The molecule has 0 spiro atoms. The summed E-state index contributed by atoms with van der Waals surface area (Å²) in [6.07, 6.45) is 0.457. The number of nitrogens with zero attached hydrogens (tertiary/aromatic N) is 1. The minimum absolute atomic E-state index is 0.0166. The minimum Gasteiger partial charge on any atom is -0.507 e. The van der Waals surface area contributed by atoms with Crippen molar-refractivity contribution in [2.45, 2.75) is 32.4 Å². The quantitative estimate of drug-likeness (QED) is 0.266. The van der Waals surface area contributed by atoms with Crippen molar-refractivity contribution in [1.29, 1.82) is 0 Å². The lowest BCUT2D eigenvalue weighted by Gasteiger charge is -2.26. The lowest BCUT2D eigenvalue weighted by molar-refractivity contribution is -0.140. The average Bonchev–Trinajstić information content (AvgIpc) is 3.01. The van der Waals surface area contributed by atoms with Gasteiger partial charge in [0.2, 0.25) is 0 Å². The van der Waals surface area contributed by atoms with Gasteiger partial charge in [-0.2, -0.15) is 0 Å². The largest absolute Gasteiger partial charge is 0.507 e. The van der Waals surface area contributed by atoms with Gasteiger partial charge in [-0.25, -0.2) is 4.39 Å². The summed E-state index contributed by atoms with van der Waals surface area (Å²) in [4.78, 5) is 27.2. The number of hydrogen-bond donors (Lipinski definition) is 1. The Hall–Kier alpha value is -2.90. The molecule has 32 heavy (non-hydrogen) atoms. The Bertz CT molecular complexity index is 1050. The van der Waals surface area contributed by atoms with E-state index in [9.17, 15) is 19.1 Å². The smallest absolute Gasteiger partial charge is 0.295 e. The number of carbonyl (C=O) groups is 2. The first-order valence-corrected chi connectivity index (χ1v) is 10.6. The summed E-state index contributed by atoms with van der Waals surface area (Å²) in [5.74, 6) is -2.40. The van der Waals surface area contributed by atoms with Gasteiger partial charge in [0.15, 0.2) is 0 Å². The summed E-state index contributed by atoms with van der Waals surface area (Å²) in [5, 5.41) is 11.2. The molecular weight excluding hydrogens is 437 g/mol. The number of ketones is 1. The fourth-order valence-electron chi connectivity index (χ4n) is 3.64. The maximum Gasteiger partial charge on any atom is 0.295 e. The Morgan fingerprint density at radius 2 is 1.94 bits per heavy atom. The van der Waals surface area contributed by atoms with Crippen molar-refractivity contribution in [2.24, 2.45) is 0 Å². The van der Waals surface area contributed by atoms with Gasteiger partial charge in [0, 0.05) is 24.3 Å². The minimum atomic E-state index is -1.10. The molecule has 1 aliphatic heterocycles. The highest BCUT2D eigenvalue weighted by atomic mass is 35.5. The molecule has 3 rings (SSSR count). The van der Waals surface area contributed by atoms with Gasteiger partial charge < -0.3 is 19.5 Å². The molecular formula is C24H25ClFNO5. The summed E-state index contributed by atoms with van der Waals surface area (Å²) in [6, 6.07) is 9.32. The molecule has 1 N–H and O–H groups in total. The van der Waals surface area contributed by atoms with Crippen LogP contribution in [0.1, 0.15) is 37.4 Å². The summed E-state index contributed by atoms with van der Waals surface area (Å²) < 4.78 is 25.5. The highest BCUT2D eigenvalue weighted by Gasteiger charge is 2.46. The lowest BCUT2D eigenvalue weighted by Crippen LogP contribution is -2.31. The van der Waals surface area contributed by atoms with Gasteiger partial charge in [-0.05, 0) is 44.5 Å². The monoisotopic (exact) mass is 461 g/mol. The van der Waals surface area contributed by atoms with Gasteiger partial charge in [-0.3, -0.25) is 9.59 Å². The SMILES string of the molecule is COc1ccc(Cl)c(/C(O)=C2\C(=O)C(=O)N(CCCOC(C)C)C2c2ccccc2F)c1. The number of carbonyl (C=O) groups excluding carboxylic acids is 2. The molecule has 2 aromatic carbocycles. The van der Waals surface area contributed by atoms with Crippen molar-refractivity contribution in [3.05, 3.63) is 70.0 Å². The fourth-order valence-corrected chi connectivity index (χ4v) is 3.85.